The third kappa shape index (κ3) is 5.37. The third-order valence-electron chi connectivity index (χ3n) is 4.44. The maximum absolute atomic E-state index is 13.6. The van der Waals surface area contributed by atoms with Crippen molar-refractivity contribution in [1.82, 2.24) is 4.90 Å². The molecule has 1 heterocycles. The van der Waals surface area contributed by atoms with Gasteiger partial charge in [0, 0.05) is 24.6 Å². The van der Waals surface area contributed by atoms with Gasteiger partial charge in [-0.3, -0.25) is 4.79 Å². The summed E-state index contributed by atoms with van der Waals surface area (Å²) >= 11 is 0. The van der Waals surface area contributed by atoms with E-state index in [1.54, 1.807) is 4.90 Å². The van der Waals surface area contributed by atoms with Gasteiger partial charge in [-0.05, 0) is 43.2 Å². The fraction of sp³-hybridized carbons (Fsp3) is 0.350. The van der Waals surface area contributed by atoms with Gasteiger partial charge in [-0.15, -0.1) is 13.2 Å². The maximum atomic E-state index is 13.6. The number of benzene rings is 2. The second-order valence-electron chi connectivity index (χ2n) is 6.58. The van der Waals surface area contributed by atoms with Crippen LogP contribution in [0.4, 0.5) is 17.6 Å². The van der Waals surface area contributed by atoms with Gasteiger partial charge in [0.25, 0.3) is 5.91 Å². The number of piperidine rings is 1. The van der Waals surface area contributed by atoms with Crippen LogP contribution in [0, 0.1) is 11.7 Å². The van der Waals surface area contributed by atoms with Crippen molar-refractivity contribution < 1.29 is 31.8 Å². The summed E-state index contributed by atoms with van der Waals surface area (Å²) in [6.07, 6.45) is -3.41. The van der Waals surface area contributed by atoms with Crippen LogP contribution in [0.2, 0.25) is 0 Å². The van der Waals surface area contributed by atoms with E-state index >= 15 is 0 Å². The van der Waals surface area contributed by atoms with Crippen molar-refractivity contribution in [1.29, 1.82) is 0 Å². The summed E-state index contributed by atoms with van der Waals surface area (Å²) in [5.74, 6) is -1.82. The van der Waals surface area contributed by atoms with E-state index < -0.39 is 23.8 Å². The van der Waals surface area contributed by atoms with Crippen LogP contribution in [-0.2, 0) is 0 Å². The van der Waals surface area contributed by atoms with Crippen LogP contribution in [0.15, 0.2) is 48.5 Å². The van der Waals surface area contributed by atoms with Crippen LogP contribution in [0.3, 0.4) is 0 Å². The predicted molar refractivity (Wildman–Crippen MR) is 93.6 cm³/mol. The molecule has 1 amide bonds. The lowest BCUT2D eigenvalue weighted by Crippen LogP contribution is -2.41. The standard InChI is InChI=1S/C20H19F4NO3/c21-17-9-8-15(11-18(17)28-20(22,23)24)19(26)25-10-4-5-14(12-25)13-27-16-6-2-1-3-7-16/h1-3,6-9,11,14H,4-5,10,12-13H2. The van der Waals surface area contributed by atoms with E-state index in [0.29, 0.717) is 19.7 Å². The van der Waals surface area contributed by atoms with Gasteiger partial charge in [0.1, 0.15) is 5.75 Å². The van der Waals surface area contributed by atoms with Crippen LogP contribution in [0.1, 0.15) is 23.2 Å². The molecular formula is C20H19F4NO3. The molecule has 150 valence electrons. The monoisotopic (exact) mass is 397 g/mol. The van der Waals surface area contributed by atoms with Crippen LogP contribution in [0.5, 0.6) is 11.5 Å². The van der Waals surface area contributed by atoms with E-state index in [0.717, 1.165) is 36.8 Å². The van der Waals surface area contributed by atoms with Gasteiger partial charge in [-0.2, -0.15) is 0 Å². The topological polar surface area (TPSA) is 38.8 Å². The molecule has 0 bridgehead atoms. The molecule has 1 aliphatic heterocycles. The summed E-state index contributed by atoms with van der Waals surface area (Å²) in [5.41, 5.74) is -0.0507. The van der Waals surface area contributed by atoms with E-state index in [1.807, 2.05) is 30.3 Å². The molecule has 0 N–H and O–H groups in total. The zero-order valence-electron chi connectivity index (χ0n) is 14.9. The molecule has 0 radical (unpaired) electrons. The van der Waals surface area contributed by atoms with Crippen LogP contribution >= 0.6 is 0 Å². The minimum atomic E-state index is -5.03. The first-order valence-electron chi connectivity index (χ1n) is 8.84. The molecule has 4 nitrogen and oxygen atoms in total. The summed E-state index contributed by atoms with van der Waals surface area (Å²) in [4.78, 5) is 14.2. The first-order valence-corrected chi connectivity index (χ1v) is 8.84. The highest BCUT2D eigenvalue weighted by atomic mass is 19.4. The van der Waals surface area contributed by atoms with E-state index in [1.165, 1.54) is 0 Å². The van der Waals surface area contributed by atoms with Gasteiger partial charge >= 0.3 is 6.36 Å². The lowest BCUT2D eigenvalue weighted by Gasteiger charge is -2.32. The van der Waals surface area contributed by atoms with Crippen molar-refractivity contribution in [2.24, 2.45) is 5.92 Å². The van der Waals surface area contributed by atoms with E-state index in [2.05, 4.69) is 4.74 Å². The Morgan fingerprint density at radius 3 is 2.61 bits per heavy atom. The van der Waals surface area contributed by atoms with Gasteiger partial charge in [0.15, 0.2) is 11.6 Å². The molecule has 1 atom stereocenters. The minimum absolute atomic E-state index is 0.0507. The van der Waals surface area contributed by atoms with Gasteiger partial charge in [0.05, 0.1) is 6.61 Å². The Hall–Kier alpha value is -2.77. The number of carbonyl (C=O) groups is 1. The number of nitrogens with zero attached hydrogens (tertiary/aromatic N) is 1. The van der Waals surface area contributed by atoms with Crippen molar-refractivity contribution >= 4 is 5.91 Å². The SMILES string of the molecule is O=C(c1ccc(F)c(OC(F)(F)F)c1)N1CCCC(COc2ccccc2)C1. The minimum Gasteiger partial charge on any atom is -0.493 e. The summed E-state index contributed by atoms with van der Waals surface area (Å²) in [6, 6.07) is 12.0. The number of halogens is 4. The van der Waals surface area contributed by atoms with Gasteiger partial charge in [-0.1, -0.05) is 18.2 Å². The van der Waals surface area contributed by atoms with E-state index in [-0.39, 0.29) is 11.5 Å². The van der Waals surface area contributed by atoms with Crippen molar-refractivity contribution in [3.63, 3.8) is 0 Å². The summed E-state index contributed by atoms with van der Waals surface area (Å²) in [6.45, 7) is 1.33. The Bertz CT molecular complexity index is 811. The lowest BCUT2D eigenvalue weighted by atomic mass is 9.98. The highest BCUT2D eigenvalue weighted by Gasteiger charge is 2.33. The number of alkyl halides is 3. The molecular weight excluding hydrogens is 378 g/mol. The summed E-state index contributed by atoms with van der Waals surface area (Å²) < 4.78 is 60.1. The number of hydrogen-bond acceptors (Lipinski definition) is 3. The number of likely N-dealkylation sites (tertiary alicyclic amines) is 1. The Labute approximate surface area is 159 Å². The van der Waals surface area contributed by atoms with Crippen molar-refractivity contribution in [3.8, 4) is 11.5 Å². The zero-order valence-corrected chi connectivity index (χ0v) is 14.9. The fourth-order valence-electron chi connectivity index (χ4n) is 3.14. The van der Waals surface area contributed by atoms with Crippen molar-refractivity contribution in [2.75, 3.05) is 19.7 Å². The first kappa shape index (κ1) is 20.0. The molecule has 1 aliphatic rings. The highest BCUT2D eigenvalue weighted by Crippen LogP contribution is 2.28. The number of amides is 1. The maximum Gasteiger partial charge on any atom is 0.573 e. The van der Waals surface area contributed by atoms with Crippen LogP contribution in [0.25, 0.3) is 0 Å². The van der Waals surface area contributed by atoms with Gasteiger partial charge in [-0.25, -0.2) is 4.39 Å². The number of carbonyl (C=O) groups excluding carboxylic acids is 1. The zero-order chi connectivity index (χ0) is 20.1. The summed E-state index contributed by atoms with van der Waals surface area (Å²) in [5, 5.41) is 0. The smallest absolute Gasteiger partial charge is 0.493 e. The van der Waals surface area contributed by atoms with E-state index in [9.17, 15) is 22.4 Å². The fourth-order valence-corrected chi connectivity index (χ4v) is 3.14. The molecule has 0 spiro atoms. The Morgan fingerprint density at radius 1 is 1.14 bits per heavy atom. The molecule has 1 unspecified atom stereocenters. The molecule has 1 fully saturated rings. The quantitative estimate of drug-likeness (QED) is 0.689. The number of hydrogen-bond donors (Lipinski definition) is 0. The molecule has 0 aliphatic carbocycles. The van der Waals surface area contributed by atoms with Crippen LogP contribution in [-0.4, -0.2) is 36.9 Å². The first-order chi connectivity index (χ1) is 13.3. The number of ether oxygens (including phenoxy) is 2. The molecule has 28 heavy (non-hydrogen) atoms. The lowest BCUT2D eigenvalue weighted by molar-refractivity contribution is -0.275. The Morgan fingerprint density at radius 2 is 1.89 bits per heavy atom. The predicted octanol–water partition coefficient (Wildman–Crippen LogP) is 4.66. The Kier molecular flexibility index (Phi) is 6.06. The molecule has 3 rings (SSSR count). The normalized spacial score (nSPS) is 17.3. The third-order valence-corrected chi connectivity index (χ3v) is 4.44. The average molecular weight is 397 g/mol. The second kappa shape index (κ2) is 8.50. The van der Waals surface area contributed by atoms with Crippen LogP contribution < -0.4 is 9.47 Å². The van der Waals surface area contributed by atoms with Gasteiger partial charge in [0.2, 0.25) is 0 Å². The molecule has 2 aromatic carbocycles. The molecule has 1 saturated heterocycles. The largest absolute Gasteiger partial charge is 0.573 e. The summed E-state index contributed by atoms with van der Waals surface area (Å²) in [7, 11) is 0. The van der Waals surface area contributed by atoms with Crippen molar-refractivity contribution in [2.45, 2.75) is 19.2 Å². The van der Waals surface area contributed by atoms with E-state index in [4.69, 9.17) is 4.74 Å². The molecule has 8 heteroatoms. The highest BCUT2D eigenvalue weighted by molar-refractivity contribution is 5.94. The Balaban J connectivity index is 1.64. The van der Waals surface area contributed by atoms with Gasteiger partial charge < -0.3 is 14.4 Å². The average Bonchev–Trinajstić information content (AvgIpc) is 2.67. The van der Waals surface area contributed by atoms with Crippen molar-refractivity contribution in [3.05, 3.63) is 59.9 Å². The number of para-hydroxylation sites is 1. The molecule has 0 saturated carbocycles. The number of rotatable bonds is 5. The molecule has 0 aromatic heterocycles. The second-order valence-corrected chi connectivity index (χ2v) is 6.58. The molecule has 2 aromatic rings.